The fourth-order valence-electron chi connectivity index (χ4n) is 3.52. The fraction of sp³-hybridized carbons (Fsp3) is 0.333. The minimum Gasteiger partial charge on any atom is -0.447 e. The Bertz CT molecular complexity index is 1010. The Morgan fingerprint density at radius 3 is 2.74 bits per heavy atom. The number of likely N-dealkylation sites (tertiary alicyclic amines) is 1. The van der Waals surface area contributed by atoms with Crippen molar-refractivity contribution in [1.29, 1.82) is 0 Å². The Balaban J connectivity index is 1.28. The molecule has 0 unspecified atom stereocenters. The van der Waals surface area contributed by atoms with Crippen LogP contribution in [0.1, 0.15) is 34.7 Å². The number of hydrogen-bond acceptors (Lipinski definition) is 6. The van der Waals surface area contributed by atoms with Crippen LogP contribution >= 0.6 is 11.6 Å². The van der Waals surface area contributed by atoms with Gasteiger partial charge in [-0.25, -0.2) is 9.78 Å². The van der Waals surface area contributed by atoms with Crippen molar-refractivity contribution in [2.24, 2.45) is 5.73 Å². The molecule has 0 aliphatic carbocycles. The molecule has 0 spiro atoms. The number of carbonyl (C=O) groups is 3. The van der Waals surface area contributed by atoms with E-state index in [4.69, 9.17) is 26.8 Å². The van der Waals surface area contributed by atoms with Gasteiger partial charge in [0.2, 0.25) is 11.8 Å². The molecular formula is C21H21ClN4O5. The number of nitrogens with two attached hydrogens (primary N) is 1. The van der Waals surface area contributed by atoms with Gasteiger partial charge in [-0.1, -0.05) is 17.7 Å². The third-order valence-electron chi connectivity index (χ3n) is 5.33. The van der Waals surface area contributed by atoms with E-state index >= 15 is 0 Å². The molecule has 0 saturated carbocycles. The normalized spacial score (nSPS) is 18.2. The summed E-state index contributed by atoms with van der Waals surface area (Å²) in [6.07, 6.45) is 2.21. The molecule has 2 fully saturated rings. The number of ether oxygens (including phenoxy) is 2. The second-order valence-electron chi connectivity index (χ2n) is 7.51. The lowest BCUT2D eigenvalue weighted by atomic mass is 9.92. The van der Waals surface area contributed by atoms with Gasteiger partial charge in [0, 0.05) is 42.7 Å². The molecule has 10 heteroatoms. The highest BCUT2D eigenvalue weighted by molar-refractivity contribution is 6.31. The largest absolute Gasteiger partial charge is 0.447 e. The molecule has 2 aromatic rings. The number of rotatable bonds is 7. The number of cyclic esters (lactones) is 1. The van der Waals surface area contributed by atoms with Crippen LogP contribution in [-0.2, 0) is 9.53 Å². The van der Waals surface area contributed by atoms with Crippen molar-refractivity contribution in [3.8, 4) is 11.6 Å². The van der Waals surface area contributed by atoms with Crippen LogP contribution in [0.5, 0.6) is 11.6 Å². The summed E-state index contributed by atoms with van der Waals surface area (Å²) < 4.78 is 10.5. The van der Waals surface area contributed by atoms with Gasteiger partial charge in [0.15, 0.2) is 0 Å². The summed E-state index contributed by atoms with van der Waals surface area (Å²) in [7, 11) is 0. The minimum absolute atomic E-state index is 0.0621. The van der Waals surface area contributed by atoms with Crippen LogP contribution in [0.2, 0.25) is 5.02 Å². The van der Waals surface area contributed by atoms with E-state index in [-0.39, 0.29) is 29.2 Å². The molecule has 1 aromatic heterocycles. The molecule has 0 radical (unpaired) electrons. The molecule has 3 amide bonds. The summed E-state index contributed by atoms with van der Waals surface area (Å²) in [6.45, 7) is 1.56. The molecule has 3 N–H and O–H groups in total. The Labute approximate surface area is 183 Å². The first-order chi connectivity index (χ1) is 14.9. The molecule has 0 bridgehead atoms. The zero-order chi connectivity index (χ0) is 22.0. The van der Waals surface area contributed by atoms with Gasteiger partial charge >= 0.3 is 6.09 Å². The first kappa shape index (κ1) is 20.9. The predicted octanol–water partition coefficient (Wildman–Crippen LogP) is 2.44. The molecule has 1 aromatic carbocycles. The van der Waals surface area contributed by atoms with Gasteiger partial charge in [-0.3, -0.25) is 9.59 Å². The number of nitrogens with one attached hydrogen (secondary N) is 1. The topological polar surface area (TPSA) is 124 Å². The van der Waals surface area contributed by atoms with E-state index in [1.54, 1.807) is 29.3 Å². The standard InChI is InChI=1S/C21H21ClN4O5/c22-14-2-4-17(16(7-14)20(23)28)31-18-5-1-12(8-24-18)13-9-26(10-13)19(27)6-3-15-11-30-21(29)25-15/h1-2,4-5,7-8,13,15H,3,6,9-11H2,(H2,23,28)(H,25,29)/t15-/m1/s1. The van der Waals surface area contributed by atoms with Gasteiger partial charge < -0.3 is 25.4 Å². The molecule has 162 valence electrons. The Morgan fingerprint density at radius 2 is 2.10 bits per heavy atom. The lowest BCUT2D eigenvalue weighted by Gasteiger charge is -2.39. The van der Waals surface area contributed by atoms with E-state index in [0.29, 0.717) is 43.4 Å². The van der Waals surface area contributed by atoms with Crippen molar-refractivity contribution in [2.45, 2.75) is 24.8 Å². The lowest BCUT2D eigenvalue weighted by molar-refractivity contribution is -0.135. The van der Waals surface area contributed by atoms with Crippen LogP contribution in [0.3, 0.4) is 0 Å². The van der Waals surface area contributed by atoms with Crippen molar-refractivity contribution >= 4 is 29.5 Å². The fourth-order valence-corrected chi connectivity index (χ4v) is 3.69. The summed E-state index contributed by atoms with van der Waals surface area (Å²) >= 11 is 5.91. The molecule has 2 saturated heterocycles. The Hall–Kier alpha value is -3.33. The summed E-state index contributed by atoms with van der Waals surface area (Å²) in [5.74, 6) is 0.225. The first-order valence-corrected chi connectivity index (χ1v) is 10.2. The maximum Gasteiger partial charge on any atom is 0.407 e. The van der Waals surface area contributed by atoms with E-state index in [2.05, 4.69) is 10.3 Å². The van der Waals surface area contributed by atoms with Gasteiger partial charge in [0.25, 0.3) is 5.91 Å². The van der Waals surface area contributed by atoms with E-state index in [0.717, 1.165) is 5.56 Å². The zero-order valence-corrected chi connectivity index (χ0v) is 17.3. The van der Waals surface area contributed by atoms with Crippen molar-refractivity contribution in [1.82, 2.24) is 15.2 Å². The van der Waals surface area contributed by atoms with E-state index in [1.807, 2.05) is 6.07 Å². The van der Waals surface area contributed by atoms with Gasteiger partial charge in [-0.05, 0) is 30.2 Å². The van der Waals surface area contributed by atoms with E-state index < -0.39 is 12.0 Å². The lowest BCUT2D eigenvalue weighted by Crippen LogP contribution is -2.48. The molecule has 1 atom stereocenters. The van der Waals surface area contributed by atoms with Gasteiger partial charge in [0.05, 0.1) is 11.6 Å². The van der Waals surface area contributed by atoms with Gasteiger partial charge in [-0.15, -0.1) is 0 Å². The Kier molecular flexibility index (Phi) is 5.94. The second kappa shape index (κ2) is 8.81. The smallest absolute Gasteiger partial charge is 0.407 e. The van der Waals surface area contributed by atoms with Crippen molar-refractivity contribution in [2.75, 3.05) is 19.7 Å². The van der Waals surface area contributed by atoms with Crippen LogP contribution < -0.4 is 15.8 Å². The van der Waals surface area contributed by atoms with Crippen LogP contribution in [0.25, 0.3) is 0 Å². The highest BCUT2D eigenvalue weighted by Gasteiger charge is 2.32. The molecular weight excluding hydrogens is 424 g/mol. The number of alkyl carbamates (subject to hydrolysis) is 1. The van der Waals surface area contributed by atoms with Gasteiger partial charge in [0.1, 0.15) is 12.4 Å². The summed E-state index contributed by atoms with van der Waals surface area (Å²) in [6, 6.07) is 8.12. The summed E-state index contributed by atoms with van der Waals surface area (Å²) in [5, 5.41) is 3.05. The quantitative estimate of drug-likeness (QED) is 0.676. The van der Waals surface area contributed by atoms with E-state index in [9.17, 15) is 14.4 Å². The molecule has 31 heavy (non-hydrogen) atoms. The molecule has 4 rings (SSSR count). The van der Waals surface area contributed by atoms with Crippen LogP contribution in [-0.4, -0.2) is 53.5 Å². The highest BCUT2D eigenvalue weighted by Crippen LogP contribution is 2.30. The third kappa shape index (κ3) is 4.88. The number of aromatic nitrogens is 1. The van der Waals surface area contributed by atoms with Crippen LogP contribution in [0, 0.1) is 0 Å². The third-order valence-corrected chi connectivity index (χ3v) is 5.57. The number of halogens is 1. The second-order valence-corrected chi connectivity index (χ2v) is 7.95. The maximum atomic E-state index is 12.3. The summed E-state index contributed by atoms with van der Waals surface area (Å²) in [4.78, 5) is 41.0. The van der Waals surface area contributed by atoms with Crippen molar-refractivity contribution in [3.63, 3.8) is 0 Å². The number of benzene rings is 1. The monoisotopic (exact) mass is 444 g/mol. The predicted molar refractivity (Wildman–Crippen MR) is 111 cm³/mol. The molecule has 9 nitrogen and oxygen atoms in total. The number of amides is 3. The average Bonchev–Trinajstić information content (AvgIpc) is 3.13. The first-order valence-electron chi connectivity index (χ1n) is 9.83. The van der Waals surface area contributed by atoms with Crippen LogP contribution in [0.4, 0.5) is 4.79 Å². The zero-order valence-electron chi connectivity index (χ0n) is 16.5. The van der Waals surface area contributed by atoms with E-state index in [1.165, 1.54) is 6.07 Å². The van der Waals surface area contributed by atoms with Crippen molar-refractivity contribution < 1.29 is 23.9 Å². The molecule has 2 aliphatic heterocycles. The number of hydrogen-bond donors (Lipinski definition) is 2. The molecule has 3 heterocycles. The number of carbonyl (C=O) groups excluding carboxylic acids is 3. The minimum atomic E-state index is -0.642. The van der Waals surface area contributed by atoms with Crippen molar-refractivity contribution in [3.05, 3.63) is 52.7 Å². The Morgan fingerprint density at radius 1 is 1.29 bits per heavy atom. The van der Waals surface area contributed by atoms with Gasteiger partial charge in [-0.2, -0.15) is 0 Å². The molecule has 2 aliphatic rings. The summed E-state index contributed by atoms with van der Waals surface area (Å²) in [5.41, 5.74) is 6.55. The SMILES string of the molecule is NC(=O)c1cc(Cl)ccc1Oc1ccc(C2CN(C(=O)CC[C@@H]3COC(=O)N3)C2)cn1. The number of pyridine rings is 1. The van der Waals surface area contributed by atoms with Crippen LogP contribution in [0.15, 0.2) is 36.5 Å². The average molecular weight is 445 g/mol. The number of primary amides is 1. The maximum absolute atomic E-state index is 12.3. The highest BCUT2D eigenvalue weighted by atomic mass is 35.5. The number of nitrogens with zero attached hydrogens (tertiary/aromatic N) is 2.